The second kappa shape index (κ2) is 4.61. The van der Waals surface area contributed by atoms with Crippen molar-refractivity contribution >= 4 is 11.8 Å². The second-order valence-corrected chi connectivity index (χ2v) is 4.29. The molecule has 0 aliphatic rings. The number of thioether (sulfide) groups is 1. The molecule has 0 aromatic carbocycles. The van der Waals surface area contributed by atoms with Gasteiger partial charge in [0.2, 0.25) is 11.0 Å². The van der Waals surface area contributed by atoms with E-state index >= 15 is 0 Å². The third-order valence-electron chi connectivity index (χ3n) is 2.10. The molecule has 0 spiro atoms. The Labute approximate surface area is 105 Å². The molecular formula is C9H8N6O2S. The molecule has 8 nitrogen and oxygen atoms in total. The Balaban J connectivity index is 1.69. The van der Waals surface area contributed by atoms with E-state index in [-0.39, 0.29) is 0 Å². The van der Waals surface area contributed by atoms with Gasteiger partial charge < -0.3 is 8.83 Å². The third kappa shape index (κ3) is 2.12. The second-order valence-electron chi connectivity index (χ2n) is 3.35. The first kappa shape index (κ1) is 11.0. The molecule has 0 N–H and O–H groups in total. The average molecular weight is 264 g/mol. The number of hydrogen-bond donors (Lipinski definition) is 0. The zero-order valence-corrected chi connectivity index (χ0v) is 10.2. The highest BCUT2D eigenvalue weighted by atomic mass is 32.2. The maximum Gasteiger partial charge on any atom is 0.283 e. The summed E-state index contributed by atoms with van der Waals surface area (Å²) < 4.78 is 12.2. The van der Waals surface area contributed by atoms with Gasteiger partial charge in [0, 0.05) is 7.05 Å². The molecule has 3 aromatic heterocycles. The Kier molecular flexibility index (Phi) is 2.81. The normalized spacial score (nSPS) is 10.9. The van der Waals surface area contributed by atoms with Crippen LogP contribution in [0.25, 0.3) is 11.7 Å². The van der Waals surface area contributed by atoms with E-state index in [4.69, 9.17) is 8.83 Å². The molecular weight excluding hydrogens is 256 g/mol. The predicted octanol–water partition coefficient (Wildman–Crippen LogP) is 1.15. The fourth-order valence-electron chi connectivity index (χ4n) is 1.28. The lowest BCUT2D eigenvalue weighted by molar-refractivity contribution is 0.494. The lowest BCUT2D eigenvalue weighted by Crippen LogP contribution is -1.93. The lowest BCUT2D eigenvalue weighted by Gasteiger charge is -1.94. The van der Waals surface area contributed by atoms with Gasteiger partial charge in [0.05, 0.1) is 12.0 Å². The van der Waals surface area contributed by atoms with Gasteiger partial charge in [-0.25, -0.2) is 4.68 Å². The summed E-state index contributed by atoms with van der Waals surface area (Å²) in [6.45, 7) is 0. The van der Waals surface area contributed by atoms with Crippen LogP contribution < -0.4 is 0 Å². The monoisotopic (exact) mass is 264 g/mol. The van der Waals surface area contributed by atoms with Crippen molar-refractivity contribution < 1.29 is 8.83 Å². The van der Waals surface area contributed by atoms with Crippen LogP contribution in [0.15, 0.2) is 32.4 Å². The van der Waals surface area contributed by atoms with Gasteiger partial charge in [0.1, 0.15) is 0 Å². The molecule has 3 aromatic rings. The van der Waals surface area contributed by atoms with Crippen molar-refractivity contribution in [2.75, 3.05) is 0 Å². The van der Waals surface area contributed by atoms with Crippen molar-refractivity contribution in [3.8, 4) is 11.7 Å². The first-order valence-electron chi connectivity index (χ1n) is 5.04. The van der Waals surface area contributed by atoms with Gasteiger partial charge in [-0.1, -0.05) is 11.8 Å². The summed E-state index contributed by atoms with van der Waals surface area (Å²) in [6.07, 6.45) is 1.55. The fraction of sp³-hybridized carbons (Fsp3) is 0.222. The van der Waals surface area contributed by atoms with E-state index < -0.39 is 0 Å². The minimum Gasteiger partial charge on any atom is -0.459 e. The van der Waals surface area contributed by atoms with Gasteiger partial charge in [-0.2, -0.15) is 0 Å². The van der Waals surface area contributed by atoms with Crippen LogP contribution in [-0.4, -0.2) is 30.4 Å². The minimum atomic E-state index is 0.367. The molecule has 0 saturated carbocycles. The molecule has 0 unspecified atom stereocenters. The zero-order valence-electron chi connectivity index (χ0n) is 9.35. The number of nitrogens with zero attached hydrogens (tertiary/aromatic N) is 6. The van der Waals surface area contributed by atoms with Gasteiger partial charge in [-0.05, 0) is 22.6 Å². The molecule has 3 rings (SSSR count). The largest absolute Gasteiger partial charge is 0.459 e. The summed E-state index contributed by atoms with van der Waals surface area (Å²) in [5.74, 6) is 1.92. The maximum atomic E-state index is 5.45. The summed E-state index contributed by atoms with van der Waals surface area (Å²) in [7, 11) is 1.77. The maximum absolute atomic E-state index is 5.45. The van der Waals surface area contributed by atoms with E-state index in [1.165, 1.54) is 11.8 Å². The SMILES string of the molecule is Cn1nnnc1SCc1nnc(-c2ccco2)o1. The van der Waals surface area contributed by atoms with Crippen LogP contribution in [0.5, 0.6) is 0 Å². The summed E-state index contributed by atoms with van der Waals surface area (Å²) >= 11 is 1.42. The van der Waals surface area contributed by atoms with Crippen molar-refractivity contribution in [2.45, 2.75) is 10.9 Å². The van der Waals surface area contributed by atoms with Crippen LogP contribution in [0.2, 0.25) is 0 Å². The van der Waals surface area contributed by atoms with Crippen LogP contribution >= 0.6 is 11.8 Å². The van der Waals surface area contributed by atoms with Crippen molar-refractivity contribution in [1.29, 1.82) is 0 Å². The highest BCUT2D eigenvalue weighted by Gasteiger charge is 2.12. The van der Waals surface area contributed by atoms with Crippen LogP contribution in [0.1, 0.15) is 5.89 Å². The molecule has 0 atom stereocenters. The number of furan rings is 1. The highest BCUT2D eigenvalue weighted by molar-refractivity contribution is 7.98. The zero-order chi connectivity index (χ0) is 12.4. The quantitative estimate of drug-likeness (QED) is 0.647. The Morgan fingerprint density at radius 1 is 1.33 bits per heavy atom. The van der Waals surface area contributed by atoms with Crippen molar-refractivity contribution in [3.63, 3.8) is 0 Å². The predicted molar refractivity (Wildman–Crippen MR) is 60.4 cm³/mol. The highest BCUT2D eigenvalue weighted by Crippen LogP contribution is 2.22. The topological polar surface area (TPSA) is 95.7 Å². The van der Waals surface area contributed by atoms with Gasteiger partial charge in [-0.15, -0.1) is 15.3 Å². The Hall–Kier alpha value is -2.16. The molecule has 0 aliphatic heterocycles. The van der Waals surface area contributed by atoms with E-state index in [9.17, 15) is 0 Å². The number of aromatic nitrogens is 6. The molecule has 0 amide bonds. The molecule has 92 valence electrons. The Morgan fingerprint density at radius 2 is 2.28 bits per heavy atom. The molecule has 18 heavy (non-hydrogen) atoms. The smallest absolute Gasteiger partial charge is 0.283 e. The van der Waals surface area contributed by atoms with Crippen molar-refractivity contribution in [1.82, 2.24) is 30.4 Å². The summed E-state index contributed by atoms with van der Waals surface area (Å²) in [5, 5.41) is 19.6. The van der Waals surface area contributed by atoms with Gasteiger partial charge in [0.25, 0.3) is 5.89 Å². The Bertz CT molecular complexity index is 631. The summed E-state index contributed by atoms with van der Waals surface area (Å²) in [5.41, 5.74) is 0. The minimum absolute atomic E-state index is 0.367. The average Bonchev–Trinajstić information content (AvgIpc) is 3.08. The van der Waals surface area contributed by atoms with E-state index in [0.29, 0.717) is 28.5 Å². The van der Waals surface area contributed by atoms with E-state index in [1.54, 1.807) is 30.1 Å². The summed E-state index contributed by atoms with van der Waals surface area (Å²) in [6, 6.07) is 3.52. The first-order chi connectivity index (χ1) is 8.83. The number of tetrazole rings is 1. The van der Waals surface area contributed by atoms with E-state index in [0.717, 1.165) is 0 Å². The first-order valence-corrected chi connectivity index (χ1v) is 6.03. The molecule has 0 bridgehead atoms. The molecule has 0 radical (unpaired) electrons. The molecule has 3 heterocycles. The van der Waals surface area contributed by atoms with Crippen molar-refractivity contribution in [2.24, 2.45) is 7.05 Å². The fourth-order valence-corrected chi connectivity index (χ4v) is 1.97. The van der Waals surface area contributed by atoms with Crippen LogP contribution in [0.3, 0.4) is 0 Å². The van der Waals surface area contributed by atoms with Gasteiger partial charge in [0.15, 0.2) is 5.76 Å². The van der Waals surface area contributed by atoms with E-state index in [2.05, 4.69) is 25.7 Å². The van der Waals surface area contributed by atoms with Crippen LogP contribution in [0, 0.1) is 0 Å². The van der Waals surface area contributed by atoms with Crippen LogP contribution in [0.4, 0.5) is 0 Å². The Morgan fingerprint density at radius 3 is 3.00 bits per heavy atom. The van der Waals surface area contributed by atoms with E-state index in [1.807, 2.05) is 0 Å². The summed E-state index contributed by atoms with van der Waals surface area (Å²) in [4.78, 5) is 0. The number of aryl methyl sites for hydroxylation is 1. The third-order valence-corrected chi connectivity index (χ3v) is 3.10. The molecule has 0 aliphatic carbocycles. The molecule has 0 fully saturated rings. The molecule has 0 saturated heterocycles. The molecule has 9 heteroatoms. The standard InChI is InChI=1S/C9H8N6O2S/c1-15-9(12-13-14-15)18-5-7-10-11-8(17-7)6-3-2-4-16-6/h2-4H,5H2,1H3. The lowest BCUT2D eigenvalue weighted by atomic mass is 10.5. The van der Waals surface area contributed by atoms with Crippen LogP contribution in [-0.2, 0) is 12.8 Å². The van der Waals surface area contributed by atoms with Gasteiger partial charge >= 0.3 is 0 Å². The van der Waals surface area contributed by atoms with Gasteiger partial charge in [-0.3, -0.25) is 0 Å². The van der Waals surface area contributed by atoms with Crippen molar-refractivity contribution in [3.05, 3.63) is 24.3 Å². The number of hydrogen-bond acceptors (Lipinski definition) is 8. The number of rotatable bonds is 4.